The summed E-state index contributed by atoms with van der Waals surface area (Å²) >= 11 is 0. The smallest absolute Gasteiger partial charge is 0.334 e. The van der Waals surface area contributed by atoms with Gasteiger partial charge in [-0.1, -0.05) is 29.8 Å². The van der Waals surface area contributed by atoms with Crippen LogP contribution in [0.3, 0.4) is 0 Å². The Kier molecular flexibility index (Phi) is 4.58. The van der Waals surface area contributed by atoms with Gasteiger partial charge in [0.1, 0.15) is 6.54 Å². The first kappa shape index (κ1) is 17.5. The van der Waals surface area contributed by atoms with Crippen molar-refractivity contribution in [2.75, 3.05) is 6.54 Å². The highest BCUT2D eigenvalue weighted by Crippen LogP contribution is 2.33. The molecule has 1 unspecified atom stereocenters. The van der Waals surface area contributed by atoms with Gasteiger partial charge in [0.15, 0.2) is 5.69 Å². The monoisotopic (exact) mass is 351 g/mol. The summed E-state index contributed by atoms with van der Waals surface area (Å²) in [4.78, 5) is 14.4. The Morgan fingerprint density at radius 3 is 2.68 bits per heavy atom. The lowest BCUT2D eigenvalue weighted by atomic mass is 10.0. The van der Waals surface area contributed by atoms with Gasteiger partial charge in [-0.3, -0.25) is 9.48 Å². The molecule has 1 aliphatic heterocycles. The number of hydrogen-bond acceptors (Lipinski definition) is 2. The summed E-state index contributed by atoms with van der Waals surface area (Å²) in [5.41, 5.74) is 1.55. The van der Waals surface area contributed by atoms with Crippen molar-refractivity contribution in [1.29, 1.82) is 0 Å². The van der Waals surface area contributed by atoms with Crippen LogP contribution >= 0.6 is 0 Å². The van der Waals surface area contributed by atoms with Crippen molar-refractivity contribution in [3.05, 3.63) is 52.8 Å². The second-order valence-electron chi connectivity index (χ2n) is 6.49. The zero-order valence-electron chi connectivity index (χ0n) is 14.2. The Balaban J connectivity index is 1.78. The lowest BCUT2D eigenvalue weighted by molar-refractivity contribution is -0.142. The average Bonchev–Trinajstić information content (AvgIpc) is 3.14. The molecule has 1 aliphatic rings. The minimum atomic E-state index is -4.50. The predicted octanol–water partition coefficient (Wildman–Crippen LogP) is 3.88. The third-order valence-electron chi connectivity index (χ3n) is 4.56. The topological polar surface area (TPSA) is 38.1 Å². The van der Waals surface area contributed by atoms with Gasteiger partial charge in [0, 0.05) is 12.2 Å². The number of amides is 1. The van der Waals surface area contributed by atoms with Gasteiger partial charge in [-0.25, -0.2) is 0 Å². The van der Waals surface area contributed by atoms with E-state index in [0.717, 1.165) is 34.7 Å². The molecule has 1 atom stereocenters. The van der Waals surface area contributed by atoms with Crippen LogP contribution in [-0.2, 0) is 17.5 Å². The van der Waals surface area contributed by atoms with Crippen LogP contribution in [0.4, 0.5) is 13.2 Å². The Bertz CT molecular complexity index is 782. The van der Waals surface area contributed by atoms with Gasteiger partial charge in [0.2, 0.25) is 5.91 Å². The number of rotatable bonds is 3. The summed E-state index contributed by atoms with van der Waals surface area (Å²) in [6, 6.07) is 8.94. The Morgan fingerprint density at radius 1 is 1.28 bits per heavy atom. The number of nitrogens with zero attached hydrogens (tertiary/aromatic N) is 3. The number of halogens is 3. The number of carbonyl (C=O) groups is 1. The summed E-state index contributed by atoms with van der Waals surface area (Å²) < 4.78 is 39.4. The minimum Gasteiger partial charge on any atom is -0.334 e. The predicted molar refractivity (Wildman–Crippen MR) is 86.8 cm³/mol. The first-order valence-corrected chi connectivity index (χ1v) is 8.23. The van der Waals surface area contributed by atoms with E-state index in [1.165, 1.54) is 6.92 Å². The fraction of sp³-hybridized carbons (Fsp3) is 0.444. The zero-order chi connectivity index (χ0) is 18.2. The first-order valence-electron chi connectivity index (χ1n) is 8.23. The number of aryl methyl sites for hydroxylation is 2. The number of hydrogen-bond donors (Lipinski definition) is 0. The van der Waals surface area contributed by atoms with Crippen LogP contribution in [0.15, 0.2) is 30.3 Å². The van der Waals surface area contributed by atoms with Crippen LogP contribution in [0.1, 0.15) is 41.4 Å². The molecule has 0 saturated carbocycles. The molecule has 1 fully saturated rings. The van der Waals surface area contributed by atoms with Crippen LogP contribution < -0.4 is 0 Å². The number of carbonyl (C=O) groups excluding carboxylic acids is 1. The molecule has 4 nitrogen and oxygen atoms in total. The third-order valence-corrected chi connectivity index (χ3v) is 4.56. The highest BCUT2D eigenvalue weighted by atomic mass is 19.4. The summed E-state index contributed by atoms with van der Waals surface area (Å²) in [6.45, 7) is 3.96. The third kappa shape index (κ3) is 3.70. The average molecular weight is 351 g/mol. The van der Waals surface area contributed by atoms with E-state index in [2.05, 4.69) is 11.2 Å². The number of alkyl halides is 3. The van der Waals surface area contributed by atoms with E-state index in [1.807, 2.05) is 25.1 Å². The molecule has 25 heavy (non-hydrogen) atoms. The SMILES string of the molecule is Cc1cccc(C2CCCN2C(=O)Cn2nc(C(F)(F)F)cc2C)c1. The maximum atomic E-state index is 12.8. The van der Waals surface area contributed by atoms with Crippen molar-refractivity contribution in [3.63, 3.8) is 0 Å². The van der Waals surface area contributed by atoms with Gasteiger partial charge in [-0.15, -0.1) is 0 Å². The minimum absolute atomic E-state index is 0.0228. The van der Waals surface area contributed by atoms with E-state index in [4.69, 9.17) is 0 Å². The van der Waals surface area contributed by atoms with Crippen LogP contribution in [0, 0.1) is 13.8 Å². The number of benzene rings is 1. The van der Waals surface area contributed by atoms with E-state index in [-0.39, 0.29) is 18.5 Å². The lowest BCUT2D eigenvalue weighted by Gasteiger charge is -2.25. The molecular formula is C18H20F3N3O. The highest BCUT2D eigenvalue weighted by Gasteiger charge is 2.35. The van der Waals surface area contributed by atoms with E-state index in [1.54, 1.807) is 4.90 Å². The molecule has 2 aromatic rings. The summed E-state index contributed by atoms with van der Waals surface area (Å²) in [7, 11) is 0. The van der Waals surface area contributed by atoms with E-state index >= 15 is 0 Å². The number of likely N-dealkylation sites (tertiary alicyclic amines) is 1. The van der Waals surface area contributed by atoms with Crippen molar-refractivity contribution in [2.24, 2.45) is 0 Å². The molecule has 2 heterocycles. The molecule has 0 radical (unpaired) electrons. The standard InChI is InChI=1S/C18H20F3N3O/c1-12-5-3-6-14(9-12)15-7-4-8-23(15)17(25)11-24-13(2)10-16(22-24)18(19,20)21/h3,5-6,9-10,15H,4,7-8,11H2,1-2H3. The zero-order valence-corrected chi connectivity index (χ0v) is 14.2. The summed E-state index contributed by atoms with van der Waals surface area (Å²) in [6.07, 6.45) is -2.76. The summed E-state index contributed by atoms with van der Waals surface area (Å²) in [5.74, 6) is -0.205. The normalized spacial score (nSPS) is 18.0. The largest absolute Gasteiger partial charge is 0.435 e. The Morgan fingerprint density at radius 2 is 2.04 bits per heavy atom. The number of aromatic nitrogens is 2. The molecule has 7 heteroatoms. The van der Waals surface area contributed by atoms with Crippen molar-refractivity contribution < 1.29 is 18.0 Å². The molecule has 0 aliphatic carbocycles. The molecule has 0 spiro atoms. The van der Waals surface area contributed by atoms with Crippen LogP contribution in [-0.4, -0.2) is 27.1 Å². The van der Waals surface area contributed by atoms with Gasteiger partial charge in [0.05, 0.1) is 6.04 Å². The van der Waals surface area contributed by atoms with Crippen LogP contribution in [0.2, 0.25) is 0 Å². The van der Waals surface area contributed by atoms with Crippen LogP contribution in [0.5, 0.6) is 0 Å². The van der Waals surface area contributed by atoms with Gasteiger partial charge >= 0.3 is 6.18 Å². The lowest BCUT2D eigenvalue weighted by Crippen LogP contribution is -2.34. The molecule has 1 saturated heterocycles. The van der Waals surface area contributed by atoms with Gasteiger partial charge in [0.25, 0.3) is 0 Å². The van der Waals surface area contributed by atoms with Gasteiger partial charge < -0.3 is 4.90 Å². The molecular weight excluding hydrogens is 331 g/mol. The Hall–Kier alpha value is -2.31. The molecule has 3 rings (SSSR count). The molecule has 0 N–H and O–H groups in total. The second-order valence-corrected chi connectivity index (χ2v) is 6.49. The molecule has 1 amide bonds. The van der Waals surface area contributed by atoms with Crippen molar-refractivity contribution >= 4 is 5.91 Å². The quantitative estimate of drug-likeness (QED) is 0.842. The Labute approximate surface area is 144 Å². The highest BCUT2D eigenvalue weighted by molar-refractivity contribution is 5.77. The maximum absolute atomic E-state index is 12.8. The van der Waals surface area contributed by atoms with E-state index in [9.17, 15) is 18.0 Å². The molecule has 0 bridgehead atoms. The molecule has 134 valence electrons. The van der Waals surface area contributed by atoms with Gasteiger partial charge in [-0.05, 0) is 38.3 Å². The van der Waals surface area contributed by atoms with E-state index < -0.39 is 11.9 Å². The summed E-state index contributed by atoms with van der Waals surface area (Å²) in [5, 5.41) is 3.55. The molecule has 1 aromatic carbocycles. The van der Waals surface area contributed by atoms with Gasteiger partial charge in [-0.2, -0.15) is 18.3 Å². The first-order chi connectivity index (χ1) is 11.8. The van der Waals surface area contributed by atoms with E-state index in [0.29, 0.717) is 12.2 Å². The van der Waals surface area contributed by atoms with Crippen molar-refractivity contribution in [3.8, 4) is 0 Å². The second kappa shape index (κ2) is 6.54. The van der Waals surface area contributed by atoms with Crippen molar-refractivity contribution in [2.45, 2.75) is 45.5 Å². The van der Waals surface area contributed by atoms with Crippen LogP contribution in [0.25, 0.3) is 0 Å². The fourth-order valence-electron chi connectivity index (χ4n) is 3.32. The maximum Gasteiger partial charge on any atom is 0.435 e. The fourth-order valence-corrected chi connectivity index (χ4v) is 3.32. The molecule has 1 aromatic heterocycles. The van der Waals surface area contributed by atoms with Crippen molar-refractivity contribution in [1.82, 2.24) is 14.7 Å².